The number of aliphatic hydroxyl groups excluding tert-OH is 3. The van der Waals surface area contributed by atoms with Gasteiger partial charge in [0.25, 0.3) is 0 Å². The molecule has 2 rings (SSSR count). The average molecular weight is 508 g/mol. The van der Waals surface area contributed by atoms with Gasteiger partial charge in [0.05, 0.1) is 43.7 Å². The molecule has 2 aliphatic rings. The number of carboxylic acids is 1. The Labute approximate surface area is 226 Å². The normalized spacial score (nSPS) is 29.7. The van der Waals surface area contributed by atoms with Crippen molar-refractivity contribution in [2.45, 2.75) is 115 Å². The van der Waals surface area contributed by atoms with Gasteiger partial charge in [0.2, 0.25) is 0 Å². The molecule has 0 aromatic rings. The van der Waals surface area contributed by atoms with Gasteiger partial charge in [-0.3, -0.25) is 4.79 Å². The molecule has 1 radical (unpaired) electrons. The third-order valence-electron chi connectivity index (χ3n) is 7.09. The van der Waals surface area contributed by atoms with Gasteiger partial charge in [-0.15, -0.1) is 0 Å². The topological polar surface area (TPSA) is 146 Å². The molecule has 36 heavy (non-hydrogen) atoms. The molecule has 0 aliphatic carbocycles. The minimum Gasteiger partial charge on any atom is -0.481 e. The maximum atomic E-state index is 12.1. The molecule has 0 spiro atoms. The van der Waals surface area contributed by atoms with Gasteiger partial charge >= 0.3 is 11.9 Å². The van der Waals surface area contributed by atoms with Crippen LogP contribution < -0.4 is 0 Å². The summed E-state index contributed by atoms with van der Waals surface area (Å²) in [5.41, 5.74) is 0.708. The van der Waals surface area contributed by atoms with E-state index in [-0.39, 0.29) is 49.3 Å². The first-order valence-electron chi connectivity index (χ1n) is 13.0. The molecule has 2 saturated heterocycles. The van der Waals surface area contributed by atoms with Crippen molar-refractivity contribution in [3.8, 4) is 0 Å². The van der Waals surface area contributed by atoms with E-state index in [1.165, 1.54) is 6.08 Å². The van der Waals surface area contributed by atoms with E-state index in [9.17, 15) is 24.9 Å². The minimum absolute atomic E-state index is 0. The second-order valence-corrected chi connectivity index (χ2v) is 10.2. The van der Waals surface area contributed by atoms with E-state index in [4.69, 9.17) is 19.3 Å². The van der Waals surface area contributed by atoms with Gasteiger partial charge in [0, 0.05) is 43.2 Å². The van der Waals surface area contributed by atoms with Crippen molar-refractivity contribution >= 4 is 30.8 Å². The Hall–Kier alpha value is -0.923. The van der Waals surface area contributed by atoms with Crippen molar-refractivity contribution in [3.05, 3.63) is 11.6 Å². The average Bonchev–Trinajstić information content (AvgIpc) is 3.55. The maximum absolute atomic E-state index is 12.1. The van der Waals surface area contributed by atoms with E-state index in [0.717, 1.165) is 32.1 Å². The summed E-state index contributed by atoms with van der Waals surface area (Å²) in [6.07, 6.45) is 4.61. The number of carboxylic acid groups (broad SMARTS) is 1. The summed E-state index contributed by atoms with van der Waals surface area (Å²) in [5.74, 6) is -1.42. The molecule has 4 N–H and O–H groups in total. The van der Waals surface area contributed by atoms with E-state index >= 15 is 0 Å². The van der Waals surface area contributed by atoms with Gasteiger partial charge in [-0.2, -0.15) is 0 Å². The summed E-state index contributed by atoms with van der Waals surface area (Å²) in [6, 6.07) is 0. The van der Waals surface area contributed by atoms with Crippen molar-refractivity contribution < 1.29 is 44.2 Å². The van der Waals surface area contributed by atoms with Crippen LogP contribution in [0.25, 0.3) is 0 Å². The molecule has 10 heteroatoms. The van der Waals surface area contributed by atoms with Gasteiger partial charge in [-0.05, 0) is 39.5 Å². The van der Waals surface area contributed by atoms with Crippen molar-refractivity contribution in [2.75, 3.05) is 13.2 Å². The Morgan fingerprint density at radius 2 is 1.67 bits per heavy atom. The van der Waals surface area contributed by atoms with Gasteiger partial charge < -0.3 is 34.6 Å². The summed E-state index contributed by atoms with van der Waals surface area (Å²) in [5, 5.41) is 39.5. The number of unbranched alkanes of at least 4 members (excludes halogenated alkanes) is 5. The number of aliphatic hydroxyl groups is 3. The van der Waals surface area contributed by atoms with Crippen LogP contribution in [0.1, 0.15) is 78.6 Å². The van der Waals surface area contributed by atoms with Crippen molar-refractivity contribution in [1.82, 2.24) is 0 Å². The van der Waals surface area contributed by atoms with Crippen LogP contribution in [0.5, 0.6) is 0 Å². The number of rotatable bonds is 16. The minimum atomic E-state index is -1.06. The van der Waals surface area contributed by atoms with Crippen LogP contribution in [0.4, 0.5) is 0 Å². The van der Waals surface area contributed by atoms with E-state index in [0.29, 0.717) is 38.0 Å². The number of epoxide rings is 1. The zero-order valence-electron chi connectivity index (χ0n) is 22.3. The van der Waals surface area contributed by atoms with Crippen LogP contribution in [-0.2, 0) is 23.8 Å². The second-order valence-electron chi connectivity index (χ2n) is 10.2. The standard InChI is InChI=1S/C26H44O9.Li/c1-16(13-23(30)33-11-9-7-5-4-6-8-10-22(28)29)12-20-25(32)24(31)19(15-34-20)14-21-26(35-21)17(2)18(3)27;/h13,17-21,24-27,31-32H,4-12,14-15H2,1-3H3,(H,28,29);/b16-13+;/t17-,18-,19-,20-,21-,24+,25-,26-;/m0./s1. The molecule has 0 aromatic heterocycles. The fraction of sp³-hybridized carbons (Fsp3) is 0.846. The maximum Gasteiger partial charge on any atom is 0.330 e. The quantitative estimate of drug-likeness (QED) is 0.0812. The van der Waals surface area contributed by atoms with Crippen LogP contribution in [0, 0.1) is 11.8 Å². The first-order valence-corrected chi connectivity index (χ1v) is 13.0. The molecule has 0 bridgehead atoms. The first-order chi connectivity index (χ1) is 16.6. The van der Waals surface area contributed by atoms with E-state index in [1.807, 2.05) is 6.92 Å². The number of aliphatic carboxylic acids is 1. The summed E-state index contributed by atoms with van der Waals surface area (Å²) in [4.78, 5) is 22.5. The SMILES string of the molecule is C/C(=C\C(=O)OCCCCCCCCC(=O)O)C[C@@H]1OC[C@H](C[C@@H]2O[C@H]2[C@@H](C)[C@H](C)O)[C@@H](O)[C@H]1O.[Li]. The number of ether oxygens (including phenoxy) is 3. The Kier molecular flexibility index (Phi) is 15.5. The molecular formula is C26H44LiO9. The fourth-order valence-electron chi connectivity index (χ4n) is 4.59. The second kappa shape index (κ2) is 16.8. The summed E-state index contributed by atoms with van der Waals surface area (Å²) in [6.45, 7) is 6.07. The third-order valence-corrected chi connectivity index (χ3v) is 7.09. The fourth-order valence-corrected chi connectivity index (χ4v) is 4.59. The Bertz CT molecular complexity index is 699. The molecule has 2 fully saturated rings. The predicted molar refractivity (Wildman–Crippen MR) is 134 cm³/mol. The van der Waals surface area contributed by atoms with Gasteiger partial charge in [0.15, 0.2) is 0 Å². The van der Waals surface area contributed by atoms with Crippen LogP contribution in [-0.4, -0.2) is 101 Å². The molecule has 0 saturated carbocycles. The molecule has 0 aromatic carbocycles. The van der Waals surface area contributed by atoms with Crippen molar-refractivity contribution in [3.63, 3.8) is 0 Å². The van der Waals surface area contributed by atoms with Crippen LogP contribution in [0.15, 0.2) is 11.6 Å². The number of hydrogen-bond acceptors (Lipinski definition) is 8. The summed E-state index contributed by atoms with van der Waals surface area (Å²) in [7, 11) is 0. The van der Waals surface area contributed by atoms with Gasteiger partial charge in [0.1, 0.15) is 6.10 Å². The Balaban J connectivity index is 0.00000648. The smallest absolute Gasteiger partial charge is 0.330 e. The molecule has 203 valence electrons. The molecule has 2 aliphatic heterocycles. The van der Waals surface area contributed by atoms with E-state index in [1.54, 1.807) is 13.8 Å². The van der Waals surface area contributed by atoms with E-state index in [2.05, 4.69) is 0 Å². The van der Waals surface area contributed by atoms with Gasteiger partial charge in [-0.1, -0.05) is 38.2 Å². The van der Waals surface area contributed by atoms with Gasteiger partial charge in [-0.25, -0.2) is 4.79 Å². The van der Waals surface area contributed by atoms with Crippen LogP contribution in [0.2, 0.25) is 0 Å². The Morgan fingerprint density at radius 3 is 2.31 bits per heavy atom. The largest absolute Gasteiger partial charge is 0.481 e. The van der Waals surface area contributed by atoms with Crippen LogP contribution in [0.3, 0.4) is 0 Å². The van der Waals surface area contributed by atoms with Crippen molar-refractivity contribution in [1.29, 1.82) is 0 Å². The third kappa shape index (κ3) is 11.6. The molecular weight excluding hydrogens is 463 g/mol. The molecule has 2 heterocycles. The number of hydrogen-bond donors (Lipinski definition) is 4. The molecule has 0 unspecified atom stereocenters. The van der Waals surface area contributed by atoms with Crippen molar-refractivity contribution in [2.24, 2.45) is 11.8 Å². The zero-order chi connectivity index (χ0) is 26.0. The number of carbonyl (C=O) groups is 2. The summed E-state index contributed by atoms with van der Waals surface area (Å²) >= 11 is 0. The van der Waals surface area contributed by atoms with E-state index < -0.39 is 36.4 Å². The Morgan fingerprint density at radius 1 is 1.03 bits per heavy atom. The van der Waals surface area contributed by atoms with Crippen LogP contribution >= 0.6 is 0 Å². The first kappa shape index (κ1) is 33.1. The number of esters is 1. The molecule has 0 amide bonds. The molecule has 8 atom stereocenters. The molecule has 9 nitrogen and oxygen atoms in total. The monoisotopic (exact) mass is 507 g/mol. The summed E-state index contributed by atoms with van der Waals surface area (Å²) < 4.78 is 16.7. The predicted octanol–water partition coefficient (Wildman–Crippen LogP) is 2.21. The zero-order valence-corrected chi connectivity index (χ0v) is 22.3. The number of carbonyl (C=O) groups excluding carboxylic acids is 1.